The van der Waals surface area contributed by atoms with E-state index in [0.717, 1.165) is 12.8 Å². The number of esters is 2. The molecule has 1 fully saturated rings. The van der Waals surface area contributed by atoms with Gasteiger partial charge < -0.3 is 14.2 Å². The second-order valence-corrected chi connectivity index (χ2v) is 6.23. The van der Waals surface area contributed by atoms with Crippen molar-refractivity contribution in [3.63, 3.8) is 0 Å². The van der Waals surface area contributed by atoms with Crippen LogP contribution in [0, 0.1) is 0 Å². The largest absolute Gasteiger partial charge is 0.462 e. The van der Waals surface area contributed by atoms with Gasteiger partial charge in [0.2, 0.25) is 0 Å². The number of benzene rings is 1. The molecule has 0 spiro atoms. The van der Waals surface area contributed by atoms with Gasteiger partial charge in [0.1, 0.15) is 12.7 Å². The van der Waals surface area contributed by atoms with Crippen LogP contribution < -0.4 is 0 Å². The third-order valence-corrected chi connectivity index (χ3v) is 3.06. The Bertz CT molecular complexity index is 597. The third kappa shape index (κ3) is 23.1. The van der Waals surface area contributed by atoms with Crippen LogP contribution in [-0.4, -0.2) is 37.9 Å². The Morgan fingerprint density at radius 3 is 1.63 bits per heavy atom. The average molecular weight is 417 g/mol. The summed E-state index contributed by atoms with van der Waals surface area (Å²) in [6, 6.07) is 12.0. The molecule has 0 amide bonds. The lowest BCUT2D eigenvalue weighted by atomic mass is 10.3. The quantitative estimate of drug-likeness (QED) is 0.185. The number of carbonyl (C=O) groups excluding carboxylic acids is 2. The molecule has 166 valence electrons. The van der Waals surface area contributed by atoms with Gasteiger partial charge in [-0.1, -0.05) is 88.2 Å². The van der Waals surface area contributed by atoms with Gasteiger partial charge in [-0.2, -0.15) is 0 Å². The van der Waals surface area contributed by atoms with Crippen LogP contribution in [-0.2, 0) is 23.8 Å². The summed E-state index contributed by atoms with van der Waals surface area (Å²) in [7, 11) is 0. The fourth-order valence-electron chi connectivity index (χ4n) is 1.27. The van der Waals surface area contributed by atoms with E-state index in [-0.39, 0.29) is 18.0 Å². The van der Waals surface area contributed by atoms with Crippen LogP contribution in [0.3, 0.4) is 0 Å². The highest BCUT2D eigenvalue weighted by Crippen LogP contribution is 2.09. The smallest absolute Gasteiger partial charge is 0.333 e. The van der Waals surface area contributed by atoms with Crippen LogP contribution in [0.2, 0.25) is 0 Å². The Balaban J connectivity index is 0. The van der Waals surface area contributed by atoms with Crippen molar-refractivity contribution in [3.8, 4) is 0 Å². The molecule has 0 bridgehead atoms. The van der Waals surface area contributed by atoms with Crippen LogP contribution >= 0.6 is 0 Å². The zero-order valence-corrected chi connectivity index (χ0v) is 18.6. The molecule has 0 aromatic heterocycles. The first kappa shape index (κ1) is 29.3. The molecule has 1 aliphatic heterocycles. The molecule has 1 saturated heterocycles. The van der Waals surface area contributed by atoms with Gasteiger partial charge in [0.25, 0.3) is 0 Å². The first-order valence-electron chi connectivity index (χ1n) is 9.80. The number of epoxide rings is 1. The number of hydrogen-bond donors (Lipinski definition) is 0. The zero-order valence-electron chi connectivity index (χ0n) is 18.6. The molecule has 0 N–H and O–H groups in total. The first-order chi connectivity index (χ1) is 14.3. The molecule has 0 radical (unpaired) electrons. The average Bonchev–Trinajstić information content (AvgIpc) is 3.59. The van der Waals surface area contributed by atoms with E-state index in [1.54, 1.807) is 26.0 Å². The Morgan fingerprint density at radius 2 is 1.33 bits per heavy atom. The van der Waals surface area contributed by atoms with Gasteiger partial charge in [0.15, 0.2) is 0 Å². The maximum Gasteiger partial charge on any atom is 0.333 e. The lowest BCUT2D eigenvalue weighted by Gasteiger charge is -2.01. The van der Waals surface area contributed by atoms with E-state index in [1.807, 2.05) is 36.4 Å². The van der Waals surface area contributed by atoms with Crippen LogP contribution in [0.4, 0.5) is 0 Å². The molecule has 1 atom stereocenters. The van der Waals surface area contributed by atoms with Crippen molar-refractivity contribution in [2.75, 3.05) is 19.8 Å². The summed E-state index contributed by atoms with van der Waals surface area (Å²) in [6.45, 7) is 20.5. The summed E-state index contributed by atoms with van der Waals surface area (Å²) in [5, 5.41) is 0. The minimum Gasteiger partial charge on any atom is -0.462 e. The molecule has 30 heavy (non-hydrogen) atoms. The number of rotatable bonds is 8. The highest BCUT2D eigenvalue weighted by atomic mass is 16.6. The number of ether oxygens (including phenoxy) is 3. The number of hydrogen-bond acceptors (Lipinski definition) is 5. The lowest BCUT2D eigenvalue weighted by Crippen LogP contribution is -2.09. The Kier molecular flexibility index (Phi) is 20.3. The van der Waals surface area contributed by atoms with Crippen molar-refractivity contribution in [3.05, 3.63) is 86.0 Å². The van der Waals surface area contributed by atoms with E-state index in [1.165, 1.54) is 0 Å². The van der Waals surface area contributed by atoms with E-state index < -0.39 is 0 Å². The minimum absolute atomic E-state index is 0.142. The van der Waals surface area contributed by atoms with Crippen LogP contribution in [0.1, 0.15) is 33.6 Å². The van der Waals surface area contributed by atoms with E-state index >= 15 is 0 Å². The molecule has 2 rings (SSSR count). The van der Waals surface area contributed by atoms with E-state index in [4.69, 9.17) is 14.2 Å². The van der Waals surface area contributed by atoms with Gasteiger partial charge in [-0.05, 0) is 20.3 Å². The highest BCUT2D eigenvalue weighted by Gasteiger charge is 2.24. The van der Waals surface area contributed by atoms with Crippen LogP contribution in [0.5, 0.6) is 0 Å². The molecule has 1 unspecified atom stereocenters. The van der Waals surface area contributed by atoms with Crippen molar-refractivity contribution in [1.29, 1.82) is 0 Å². The zero-order chi connectivity index (χ0) is 23.2. The van der Waals surface area contributed by atoms with Crippen LogP contribution in [0.15, 0.2) is 86.0 Å². The molecule has 0 saturated carbocycles. The van der Waals surface area contributed by atoms with Crippen molar-refractivity contribution in [2.45, 2.75) is 39.7 Å². The first-order valence-corrected chi connectivity index (χ1v) is 9.80. The minimum atomic E-state index is -0.337. The van der Waals surface area contributed by atoms with Crippen molar-refractivity contribution in [2.24, 2.45) is 0 Å². The van der Waals surface area contributed by atoms with Gasteiger partial charge in [-0.15, -0.1) is 0 Å². The number of allylic oxidation sites excluding steroid dienone is 2. The molecule has 1 aromatic rings. The van der Waals surface area contributed by atoms with Gasteiger partial charge in [-0.25, -0.2) is 9.59 Å². The molecule has 1 aromatic carbocycles. The number of carbonyl (C=O) groups is 2. The maximum absolute atomic E-state index is 10.7. The fourth-order valence-corrected chi connectivity index (χ4v) is 1.27. The summed E-state index contributed by atoms with van der Waals surface area (Å²) in [5.41, 5.74) is 0.900. The van der Waals surface area contributed by atoms with Gasteiger partial charge in [0, 0.05) is 11.1 Å². The molecule has 1 heterocycles. The van der Waals surface area contributed by atoms with Crippen LogP contribution in [0.25, 0.3) is 0 Å². The van der Waals surface area contributed by atoms with Gasteiger partial charge in [-0.3, -0.25) is 0 Å². The Labute approximate surface area is 181 Å². The fraction of sp³-hybridized carbons (Fsp3) is 0.360. The second kappa shape index (κ2) is 20.8. The highest BCUT2D eigenvalue weighted by molar-refractivity contribution is 5.87. The Hall–Kier alpha value is -2.92. The lowest BCUT2D eigenvalue weighted by molar-refractivity contribution is -0.140. The normalized spacial score (nSPS) is 12.6. The SMILES string of the molecule is C=C(C)C(=O)OCC1CO1.C=C(C)C(=O)OCCCC.C=CC=C.c1ccccc1. The standard InChI is InChI=1S/C8H14O2.C7H10O3.C6H6.C4H6/c1-4-5-6-10-8(9)7(2)3;1-5(2)7(8)10-4-6-3-9-6;1-2-4-6-5-3-1;1-3-4-2/h2,4-6H2,1,3H3;6H,1,3-4H2,2H3;1-6H;3-4H,1-2H2. The summed E-state index contributed by atoms with van der Waals surface area (Å²) < 4.78 is 14.4. The van der Waals surface area contributed by atoms with E-state index in [0.29, 0.717) is 31.0 Å². The molecule has 0 aliphatic carbocycles. The molecular weight excluding hydrogens is 380 g/mol. The van der Waals surface area contributed by atoms with E-state index in [2.05, 4.69) is 33.2 Å². The van der Waals surface area contributed by atoms with Gasteiger partial charge >= 0.3 is 11.9 Å². The predicted molar refractivity (Wildman–Crippen MR) is 123 cm³/mol. The molecule has 5 nitrogen and oxygen atoms in total. The number of unbranched alkanes of at least 4 members (excludes halogenated alkanes) is 1. The monoisotopic (exact) mass is 416 g/mol. The van der Waals surface area contributed by atoms with Crippen molar-refractivity contribution >= 4 is 11.9 Å². The molecule has 5 heteroatoms. The topological polar surface area (TPSA) is 65.1 Å². The molecule has 1 aliphatic rings. The van der Waals surface area contributed by atoms with E-state index in [9.17, 15) is 9.59 Å². The van der Waals surface area contributed by atoms with Crippen molar-refractivity contribution < 1.29 is 23.8 Å². The summed E-state index contributed by atoms with van der Waals surface area (Å²) in [5.74, 6) is -0.621. The maximum atomic E-state index is 10.7. The predicted octanol–water partition coefficient (Wildman–Crippen LogP) is 5.46. The second-order valence-electron chi connectivity index (χ2n) is 6.23. The summed E-state index contributed by atoms with van der Waals surface area (Å²) in [6.07, 6.45) is 5.39. The Morgan fingerprint density at radius 1 is 0.933 bits per heavy atom. The summed E-state index contributed by atoms with van der Waals surface area (Å²) >= 11 is 0. The molecular formula is C25H36O5. The van der Waals surface area contributed by atoms with Crippen molar-refractivity contribution in [1.82, 2.24) is 0 Å². The third-order valence-electron chi connectivity index (χ3n) is 3.06. The van der Waals surface area contributed by atoms with Gasteiger partial charge in [0.05, 0.1) is 13.2 Å². The summed E-state index contributed by atoms with van der Waals surface area (Å²) in [4.78, 5) is 21.4.